The summed E-state index contributed by atoms with van der Waals surface area (Å²) in [5, 5.41) is 1.99. The van der Waals surface area contributed by atoms with Crippen LogP contribution in [0, 0.1) is 5.82 Å². The van der Waals surface area contributed by atoms with Gasteiger partial charge in [-0.2, -0.15) is 0 Å². The molecule has 0 N–H and O–H groups in total. The maximum Gasteiger partial charge on any atom is 0.227 e. The van der Waals surface area contributed by atoms with E-state index in [1.165, 1.54) is 6.07 Å². The predicted octanol–water partition coefficient (Wildman–Crippen LogP) is 5.06. The molecule has 0 aliphatic carbocycles. The van der Waals surface area contributed by atoms with Crippen molar-refractivity contribution >= 4 is 22.9 Å². The molecule has 1 heterocycles. The third kappa shape index (κ3) is 4.49. The molecule has 134 valence electrons. The molecule has 26 heavy (non-hydrogen) atoms. The maximum absolute atomic E-state index is 13.8. The quantitative estimate of drug-likeness (QED) is 0.582. The Morgan fingerprint density at radius 3 is 2.50 bits per heavy atom. The number of carbonyl (C=O) groups excluding carboxylic acids is 1. The molecule has 0 saturated heterocycles. The van der Waals surface area contributed by atoms with Gasteiger partial charge in [-0.1, -0.05) is 24.3 Å². The molecule has 0 unspecified atom stereocenters. The largest absolute Gasteiger partial charge is 0.497 e. The van der Waals surface area contributed by atoms with E-state index >= 15 is 0 Å². The van der Waals surface area contributed by atoms with Gasteiger partial charge < -0.3 is 9.64 Å². The summed E-state index contributed by atoms with van der Waals surface area (Å²) in [6, 6.07) is 18.0. The van der Waals surface area contributed by atoms with Crippen molar-refractivity contribution in [3.8, 4) is 5.75 Å². The van der Waals surface area contributed by atoms with Crippen molar-refractivity contribution in [2.45, 2.75) is 19.4 Å². The van der Waals surface area contributed by atoms with Crippen molar-refractivity contribution in [1.29, 1.82) is 0 Å². The van der Waals surface area contributed by atoms with E-state index in [1.54, 1.807) is 41.5 Å². The minimum Gasteiger partial charge on any atom is -0.497 e. The number of anilines is 1. The molecule has 3 aromatic rings. The van der Waals surface area contributed by atoms with E-state index in [-0.39, 0.29) is 18.1 Å². The lowest BCUT2D eigenvalue weighted by atomic mass is 10.1. The van der Waals surface area contributed by atoms with Crippen LogP contribution in [-0.2, 0) is 17.8 Å². The number of ether oxygens (including phenoxy) is 1. The lowest BCUT2D eigenvalue weighted by Crippen LogP contribution is -2.30. The van der Waals surface area contributed by atoms with Crippen LogP contribution in [0.2, 0.25) is 0 Å². The van der Waals surface area contributed by atoms with E-state index in [0.717, 1.165) is 16.3 Å². The highest BCUT2D eigenvalue weighted by atomic mass is 32.1. The second-order valence-electron chi connectivity index (χ2n) is 5.85. The fourth-order valence-corrected chi connectivity index (χ4v) is 3.41. The molecule has 0 aliphatic rings. The minimum absolute atomic E-state index is 0.0354. The van der Waals surface area contributed by atoms with Gasteiger partial charge in [0, 0.05) is 17.0 Å². The van der Waals surface area contributed by atoms with E-state index in [9.17, 15) is 9.18 Å². The molecule has 0 fully saturated rings. The topological polar surface area (TPSA) is 29.5 Å². The van der Waals surface area contributed by atoms with Crippen LogP contribution in [-0.4, -0.2) is 13.0 Å². The summed E-state index contributed by atoms with van der Waals surface area (Å²) in [7, 11) is 1.61. The van der Waals surface area contributed by atoms with Gasteiger partial charge in [0.05, 0.1) is 13.7 Å². The van der Waals surface area contributed by atoms with Crippen LogP contribution in [0.1, 0.15) is 16.9 Å². The summed E-state index contributed by atoms with van der Waals surface area (Å²) in [4.78, 5) is 15.7. The summed E-state index contributed by atoms with van der Waals surface area (Å²) < 4.78 is 19.0. The zero-order valence-corrected chi connectivity index (χ0v) is 15.3. The number of amides is 1. The zero-order valence-electron chi connectivity index (χ0n) is 14.5. The van der Waals surface area contributed by atoms with Crippen molar-refractivity contribution < 1.29 is 13.9 Å². The SMILES string of the molecule is COc1ccc(N(Cc2cccs2)C(=O)CCc2ccccc2F)cc1. The number of hydrogen-bond donors (Lipinski definition) is 0. The molecule has 0 atom stereocenters. The van der Waals surface area contributed by atoms with Gasteiger partial charge in [-0.05, 0) is 53.8 Å². The Morgan fingerprint density at radius 1 is 1.08 bits per heavy atom. The van der Waals surface area contributed by atoms with Gasteiger partial charge in [0.25, 0.3) is 0 Å². The predicted molar refractivity (Wildman–Crippen MR) is 103 cm³/mol. The Bertz CT molecular complexity index is 847. The molecule has 0 aliphatic heterocycles. The second kappa shape index (κ2) is 8.63. The van der Waals surface area contributed by atoms with Gasteiger partial charge in [0.1, 0.15) is 11.6 Å². The average Bonchev–Trinajstić information content (AvgIpc) is 3.19. The van der Waals surface area contributed by atoms with Crippen molar-refractivity contribution in [1.82, 2.24) is 0 Å². The molecule has 1 aromatic heterocycles. The molecule has 2 aromatic carbocycles. The van der Waals surface area contributed by atoms with Gasteiger partial charge in [-0.25, -0.2) is 4.39 Å². The van der Waals surface area contributed by atoms with Gasteiger partial charge in [0.2, 0.25) is 5.91 Å². The monoisotopic (exact) mass is 369 g/mol. The lowest BCUT2D eigenvalue weighted by molar-refractivity contribution is -0.118. The Hall–Kier alpha value is -2.66. The van der Waals surface area contributed by atoms with Crippen LogP contribution >= 0.6 is 11.3 Å². The van der Waals surface area contributed by atoms with E-state index in [4.69, 9.17) is 4.74 Å². The van der Waals surface area contributed by atoms with Crippen molar-refractivity contribution in [2.75, 3.05) is 12.0 Å². The molecule has 0 radical (unpaired) electrons. The first-order valence-corrected chi connectivity index (χ1v) is 9.25. The first-order chi connectivity index (χ1) is 12.7. The zero-order chi connectivity index (χ0) is 18.4. The molecule has 3 rings (SSSR count). The second-order valence-corrected chi connectivity index (χ2v) is 6.88. The third-order valence-corrected chi connectivity index (χ3v) is 5.01. The summed E-state index contributed by atoms with van der Waals surface area (Å²) in [6.07, 6.45) is 0.626. The Balaban J connectivity index is 1.77. The fourth-order valence-electron chi connectivity index (χ4n) is 2.72. The number of hydrogen-bond acceptors (Lipinski definition) is 3. The Morgan fingerprint density at radius 2 is 1.85 bits per heavy atom. The number of methoxy groups -OCH3 is 1. The maximum atomic E-state index is 13.8. The number of rotatable bonds is 7. The number of aryl methyl sites for hydroxylation is 1. The van der Waals surface area contributed by atoms with E-state index in [1.807, 2.05) is 41.8 Å². The van der Waals surface area contributed by atoms with Crippen LogP contribution in [0.4, 0.5) is 10.1 Å². The molecule has 5 heteroatoms. The van der Waals surface area contributed by atoms with Crippen molar-refractivity contribution in [3.05, 3.63) is 82.3 Å². The van der Waals surface area contributed by atoms with E-state index < -0.39 is 0 Å². The number of benzene rings is 2. The molecular formula is C21H20FNO2S. The number of thiophene rings is 1. The smallest absolute Gasteiger partial charge is 0.227 e. The van der Waals surface area contributed by atoms with Gasteiger partial charge in [-0.15, -0.1) is 11.3 Å². The van der Waals surface area contributed by atoms with Crippen LogP contribution in [0.15, 0.2) is 66.0 Å². The molecule has 0 spiro atoms. The van der Waals surface area contributed by atoms with Crippen LogP contribution in [0.25, 0.3) is 0 Å². The molecule has 0 bridgehead atoms. The molecule has 3 nitrogen and oxygen atoms in total. The number of halogens is 1. The summed E-state index contributed by atoms with van der Waals surface area (Å²) >= 11 is 1.61. The normalized spacial score (nSPS) is 10.5. The fraction of sp³-hybridized carbons (Fsp3) is 0.190. The van der Waals surface area contributed by atoms with Crippen LogP contribution in [0.5, 0.6) is 5.75 Å². The highest BCUT2D eigenvalue weighted by Crippen LogP contribution is 2.24. The van der Waals surface area contributed by atoms with Crippen molar-refractivity contribution in [3.63, 3.8) is 0 Å². The van der Waals surface area contributed by atoms with E-state index in [0.29, 0.717) is 18.5 Å². The average molecular weight is 369 g/mol. The van der Waals surface area contributed by atoms with Crippen molar-refractivity contribution in [2.24, 2.45) is 0 Å². The number of carbonyl (C=O) groups is 1. The summed E-state index contributed by atoms with van der Waals surface area (Å²) in [5.74, 6) is 0.435. The molecule has 1 amide bonds. The first kappa shape index (κ1) is 18.1. The molecule has 0 saturated carbocycles. The highest BCUT2D eigenvalue weighted by molar-refractivity contribution is 7.09. The van der Waals surface area contributed by atoms with Gasteiger partial charge >= 0.3 is 0 Å². The van der Waals surface area contributed by atoms with E-state index in [2.05, 4.69) is 0 Å². The van der Waals surface area contributed by atoms with Gasteiger partial charge in [0.15, 0.2) is 0 Å². The lowest BCUT2D eigenvalue weighted by Gasteiger charge is -2.23. The van der Waals surface area contributed by atoms with Crippen LogP contribution in [0.3, 0.4) is 0 Å². The van der Waals surface area contributed by atoms with Gasteiger partial charge in [-0.3, -0.25) is 4.79 Å². The Labute approximate surface area is 156 Å². The highest BCUT2D eigenvalue weighted by Gasteiger charge is 2.17. The number of nitrogens with zero attached hydrogens (tertiary/aromatic N) is 1. The minimum atomic E-state index is -0.269. The standard InChI is InChI=1S/C21H20FNO2S/c1-25-18-11-9-17(10-12-18)23(15-19-6-4-14-26-19)21(24)13-8-16-5-2-3-7-20(16)22/h2-7,9-12,14H,8,13,15H2,1H3. The third-order valence-electron chi connectivity index (χ3n) is 4.15. The van der Waals surface area contributed by atoms with Crippen LogP contribution < -0.4 is 9.64 Å². The summed E-state index contributed by atoms with van der Waals surface area (Å²) in [6.45, 7) is 0.500. The summed E-state index contributed by atoms with van der Waals surface area (Å²) in [5.41, 5.74) is 1.37. The first-order valence-electron chi connectivity index (χ1n) is 8.37. The molecular weight excluding hydrogens is 349 g/mol. The Kier molecular flexibility index (Phi) is 6.02.